The number of thiocarbonyl (C=S) groups is 1. The largest absolute Gasteiger partial charge is 0.300 e. The van der Waals surface area contributed by atoms with Crippen molar-refractivity contribution in [3.05, 3.63) is 63.1 Å². The molecule has 0 spiro atoms. The number of anilines is 1. The molecule has 0 radical (unpaired) electrons. The highest BCUT2D eigenvalue weighted by molar-refractivity contribution is 7.80. The van der Waals surface area contributed by atoms with E-state index in [2.05, 4.69) is 10.9 Å². The number of halogens is 3. The summed E-state index contributed by atoms with van der Waals surface area (Å²) in [6.07, 6.45) is 0. The quantitative estimate of drug-likeness (QED) is 0.473. The summed E-state index contributed by atoms with van der Waals surface area (Å²) in [5, 5.41) is 1.09. The predicted molar refractivity (Wildman–Crippen MR) is 86.4 cm³/mol. The smallest absolute Gasteiger partial charge is 0.125 e. The van der Waals surface area contributed by atoms with Crippen LogP contribution in [0.1, 0.15) is 5.56 Å². The highest BCUT2D eigenvalue weighted by Gasteiger charge is 2.06. The summed E-state index contributed by atoms with van der Waals surface area (Å²) in [7, 11) is 0. The molecule has 0 atom stereocenters. The summed E-state index contributed by atoms with van der Waals surface area (Å²) in [5.41, 5.74) is 7.43. The Morgan fingerprint density at radius 3 is 2.11 bits per heavy atom. The van der Waals surface area contributed by atoms with E-state index in [4.69, 9.17) is 47.0 Å². The molecule has 2 aromatic carbocycles. The molecular formula is C13H9Cl3N2S. The van der Waals surface area contributed by atoms with Gasteiger partial charge >= 0.3 is 0 Å². The van der Waals surface area contributed by atoms with Crippen LogP contribution < -0.4 is 10.9 Å². The second-order valence-electron chi connectivity index (χ2n) is 3.70. The summed E-state index contributed by atoms with van der Waals surface area (Å²) >= 11 is 23.0. The third kappa shape index (κ3) is 3.74. The van der Waals surface area contributed by atoms with Crippen LogP contribution in [0.4, 0.5) is 5.69 Å². The van der Waals surface area contributed by atoms with Gasteiger partial charge in [-0.2, -0.15) is 0 Å². The Balaban J connectivity index is 2.05. The first kappa shape index (κ1) is 14.4. The third-order valence-corrected chi connectivity index (χ3v) is 3.87. The summed E-state index contributed by atoms with van der Waals surface area (Å²) in [6.45, 7) is 0. The number of rotatable bonds is 3. The van der Waals surface area contributed by atoms with Gasteiger partial charge in [0, 0.05) is 5.56 Å². The van der Waals surface area contributed by atoms with Gasteiger partial charge in [0.05, 0.1) is 20.8 Å². The third-order valence-electron chi connectivity index (χ3n) is 2.34. The Morgan fingerprint density at radius 1 is 0.947 bits per heavy atom. The fraction of sp³-hybridized carbons (Fsp3) is 0. The fourth-order valence-corrected chi connectivity index (χ4v) is 2.20. The molecule has 98 valence electrons. The number of hydrogen-bond donors (Lipinski definition) is 2. The van der Waals surface area contributed by atoms with E-state index in [-0.39, 0.29) is 0 Å². The molecule has 0 bridgehead atoms. The van der Waals surface area contributed by atoms with Crippen LogP contribution in [0.25, 0.3) is 0 Å². The molecule has 2 aromatic rings. The van der Waals surface area contributed by atoms with Gasteiger partial charge in [-0.05, 0) is 12.1 Å². The Hall–Kier alpha value is -1.00. The Morgan fingerprint density at radius 2 is 1.53 bits per heavy atom. The molecule has 0 unspecified atom stereocenters. The second-order valence-corrected chi connectivity index (χ2v) is 5.30. The first-order valence-corrected chi connectivity index (χ1v) is 6.88. The molecule has 0 saturated carbocycles. The SMILES string of the molecule is S=C(NNc1cc(Cl)c(Cl)c(Cl)c1)c1ccccc1. The average molecular weight is 332 g/mol. The summed E-state index contributed by atoms with van der Waals surface area (Å²) in [5.74, 6) is 0. The van der Waals surface area contributed by atoms with Crippen molar-refractivity contribution in [1.29, 1.82) is 0 Å². The Bertz CT molecular complexity index is 579. The van der Waals surface area contributed by atoms with Crippen LogP contribution in [-0.4, -0.2) is 4.99 Å². The number of benzene rings is 2. The molecule has 6 heteroatoms. The van der Waals surface area contributed by atoms with Crippen LogP contribution in [0, 0.1) is 0 Å². The van der Waals surface area contributed by atoms with Crippen LogP contribution in [0.3, 0.4) is 0 Å². The molecule has 19 heavy (non-hydrogen) atoms. The lowest BCUT2D eigenvalue weighted by molar-refractivity contribution is 1.14. The Labute approximate surface area is 131 Å². The fourth-order valence-electron chi connectivity index (χ4n) is 1.42. The molecule has 0 aliphatic rings. The van der Waals surface area contributed by atoms with Crippen molar-refractivity contribution in [1.82, 2.24) is 5.43 Å². The van der Waals surface area contributed by atoms with Crippen LogP contribution in [0.15, 0.2) is 42.5 Å². The van der Waals surface area contributed by atoms with Gasteiger partial charge in [0.2, 0.25) is 0 Å². The van der Waals surface area contributed by atoms with E-state index in [1.54, 1.807) is 12.1 Å². The zero-order valence-corrected chi connectivity index (χ0v) is 12.7. The second kappa shape index (κ2) is 6.44. The highest BCUT2D eigenvalue weighted by Crippen LogP contribution is 2.32. The van der Waals surface area contributed by atoms with Crippen molar-refractivity contribution < 1.29 is 0 Å². The Kier molecular flexibility index (Phi) is 4.88. The van der Waals surface area contributed by atoms with Crippen LogP contribution in [0.5, 0.6) is 0 Å². The maximum atomic E-state index is 5.93. The van der Waals surface area contributed by atoms with Gasteiger partial charge in [-0.1, -0.05) is 77.4 Å². The van der Waals surface area contributed by atoms with Gasteiger partial charge in [-0.3, -0.25) is 5.43 Å². The molecule has 0 aliphatic heterocycles. The van der Waals surface area contributed by atoms with Crippen molar-refractivity contribution >= 4 is 57.7 Å². The van der Waals surface area contributed by atoms with Crippen molar-refractivity contribution in [2.75, 3.05) is 5.43 Å². The summed E-state index contributed by atoms with van der Waals surface area (Å²) < 4.78 is 0. The van der Waals surface area contributed by atoms with Crippen molar-refractivity contribution in [3.63, 3.8) is 0 Å². The molecule has 0 aromatic heterocycles. The van der Waals surface area contributed by atoms with Crippen molar-refractivity contribution in [2.24, 2.45) is 0 Å². The lowest BCUT2D eigenvalue weighted by Crippen LogP contribution is -2.28. The predicted octanol–water partition coefficient (Wildman–Crippen LogP) is 4.94. The zero-order chi connectivity index (χ0) is 13.8. The molecule has 0 aliphatic carbocycles. The van der Waals surface area contributed by atoms with Crippen molar-refractivity contribution in [2.45, 2.75) is 0 Å². The topological polar surface area (TPSA) is 24.1 Å². The minimum absolute atomic E-state index is 0.333. The first-order valence-electron chi connectivity index (χ1n) is 5.34. The molecule has 0 saturated heterocycles. The zero-order valence-electron chi connectivity index (χ0n) is 9.58. The van der Waals surface area contributed by atoms with E-state index in [0.29, 0.717) is 25.7 Å². The van der Waals surface area contributed by atoms with Crippen LogP contribution in [-0.2, 0) is 0 Å². The molecule has 2 N–H and O–H groups in total. The van der Waals surface area contributed by atoms with E-state index >= 15 is 0 Å². The minimum Gasteiger partial charge on any atom is -0.300 e. The van der Waals surface area contributed by atoms with E-state index in [1.807, 2.05) is 30.3 Å². The van der Waals surface area contributed by atoms with Gasteiger partial charge in [0.15, 0.2) is 0 Å². The number of nitrogens with one attached hydrogen (secondary N) is 2. The highest BCUT2D eigenvalue weighted by atomic mass is 35.5. The molecule has 0 amide bonds. The molecule has 2 rings (SSSR count). The van der Waals surface area contributed by atoms with E-state index in [9.17, 15) is 0 Å². The maximum Gasteiger partial charge on any atom is 0.125 e. The van der Waals surface area contributed by atoms with E-state index in [0.717, 1.165) is 5.56 Å². The average Bonchev–Trinajstić information content (AvgIpc) is 2.43. The van der Waals surface area contributed by atoms with E-state index < -0.39 is 0 Å². The van der Waals surface area contributed by atoms with Gasteiger partial charge in [0.25, 0.3) is 0 Å². The molecule has 0 fully saturated rings. The summed E-state index contributed by atoms with van der Waals surface area (Å²) in [6, 6.07) is 12.9. The standard InChI is InChI=1S/C13H9Cl3N2S/c14-10-6-9(7-11(15)12(10)16)17-18-13(19)8-4-2-1-3-5-8/h1-7,17H,(H,18,19). The normalized spacial score (nSPS) is 10.1. The molecular weight excluding hydrogens is 323 g/mol. The van der Waals surface area contributed by atoms with Crippen molar-refractivity contribution in [3.8, 4) is 0 Å². The first-order chi connectivity index (χ1) is 9.08. The molecule has 2 nitrogen and oxygen atoms in total. The number of hydrazine groups is 1. The lowest BCUT2D eigenvalue weighted by atomic mass is 10.2. The molecule has 0 heterocycles. The van der Waals surface area contributed by atoms with Gasteiger partial charge < -0.3 is 5.43 Å². The monoisotopic (exact) mass is 330 g/mol. The summed E-state index contributed by atoms with van der Waals surface area (Å²) in [4.78, 5) is 0.572. The van der Waals surface area contributed by atoms with Gasteiger partial charge in [-0.25, -0.2) is 0 Å². The van der Waals surface area contributed by atoms with Gasteiger partial charge in [-0.15, -0.1) is 0 Å². The van der Waals surface area contributed by atoms with Crippen LogP contribution in [0.2, 0.25) is 15.1 Å². The minimum atomic E-state index is 0.333. The number of hydrogen-bond acceptors (Lipinski definition) is 2. The van der Waals surface area contributed by atoms with Crippen LogP contribution >= 0.6 is 47.0 Å². The van der Waals surface area contributed by atoms with E-state index in [1.165, 1.54) is 0 Å². The lowest BCUT2D eigenvalue weighted by Gasteiger charge is -2.12. The van der Waals surface area contributed by atoms with Gasteiger partial charge in [0.1, 0.15) is 4.99 Å². The maximum absolute atomic E-state index is 5.93.